The number of carbonyl (C=O) groups excluding carboxylic acids is 4. The number of amidine groups is 1. The van der Waals surface area contributed by atoms with Gasteiger partial charge in [-0.1, -0.05) is 38.5 Å². The number of unbranched alkanes of at least 4 members (excludes halogenated alkanes) is 2. The summed E-state index contributed by atoms with van der Waals surface area (Å²) in [7, 11) is -24.5. The summed E-state index contributed by atoms with van der Waals surface area (Å²) in [5.74, 6) is 1.95. The normalized spacial score (nSPS) is 17.8. The maximum atomic E-state index is 13.4. The van der Waals surface area contributed by atoms with Crippen molar-refractivity contribution in [3.8, 4) is 34.3 Å². The molecule has 0 bridgehead atoms. The van der Waals surface area contributed by atoms with Gasteiger partial charge >= 0.3 is 47.6 Å². The minimum Gasteiger partial charge on any atom is -0.478 e. The molecule has 3 heterocycles. The highest BCUT2D eigenvalue weighted by Gasteiger charge is 2.46. The van der Waals surface area contributed by atoms with Gasteiger partial charge in [0, 0.05) is 70.9 Å². The number of hydrogen-bond donors (Lipinski definition) is 14. The van der Waals surface area contributed by atoms with Crippen LogP contribution >= 0.6 is 45.1 Å². The summed E-state index contributed by atoms with van der Waals surface area (Å²) in [6.07, 6.45) is -1.76. The van der Waals surface area contributed by atoms with Gasteiger partial charge in [-0.3, -0.25) is 28.7 Å². The van der Waals surface area contributed by atoms with E-state index in [4.69, 9.17) is 65.0 Å². The largest absolute Gasteiger partial charge is 0.490 e. The molecule has 1 fully saturated rings. The molecule has 1 saturated heterocycles. The third kappa shape index (κ3) is 26.0. The number of phosphoric acid groups is 3. The van der Waals surface area contributed by atoms with Crippen molar-refractivity contribution < 1.29 is 134 Å². The fourth-order valence-electron chi connectivity index (χ4n) is 9.41. The Hall–Kier alpha value is -7.05. The number of anilines is 1. The quantitative estimate of drug-likeness (QED) is 0.00250. The van der Waals surface area contributed by atoms with Crippen molar-refractivity contribution in [2.24, 2.45) is 21.8 Å². The minimum atomic E-state index is -5.83. The van der Waals surface area contributed by atoms with E-state index >= 15 is 0 Å². The number of aromatic carboxylic acids is 1. The first kappa shape index (κ1) is 82.9. The number of carbonyl (C=O) groups is 5. The van der Waals surface area contributed by atoms with Crippen LogP contribution in [-0.4, -0.2) is 206 Å². The zero-order chi connectivity index (χ0) is 74.5. The Morgan fingerprint density at radius 2 is 1.56 bits per heavy atom. The maximum Gasteiger partial charge on any atom is 0.490 e. The van der Waals surface area contributed by atoms with Gasteiger partial charge in [-0.2, -0.15) is 30.4 Å². The zero-order valence-electron chi connectivity index (χ0n) is 53.3. The van der Waals surface area contributed by atoms with Gasteiger partial charge in [-0.05, 0) is 93.1 Å². The van der Waals surface area contributed by atoms with E-state index in [0.29, 0.717) is 31.9 Å². The standard InChI is InChI=1S/C53H71N12O29P3S4/c1-53(2,99-98-30-87-19-5-3-4-15-59-50(69)60-16-6-7-32-27-65(51(70)63-47(32)56)41-26-39(89-29-62-64-57)40(91-41)28-90-96(75,76)94-97(77,78)93-95(72,73)74)14-20-88-52(71)61-18-22-86-24-23-85-21-17-58-48(66)31-8-9-33(49(67)68)36(25-31)42-34-10-12-37(54)45(100(79,80)81)43(34)92-44-35(42)11-13-38(55)46(44)101(82,83)84/h8-13,25,32,39-41,54H,3-5,14-24,26-30,55H2,1-2H3,(H,58,66)(H,61,71)(H,67,68)(H,75,76)(H,77,78)(H2,56,63,70)(H2,59,60,69)(H2,72,73,74)(H,79,80,81)(H,82,83,84)/t32?,39-,40+,41+/m0/s1. The van der Waals surface area contributed by atoms with Crippen LogP contribution in [0.3, 0.4) is 0 Å². The van der Waals surface area contributed by atoms with E-state index in [-0.39, 0.29) is 104 Å². The fourth-order valence-corrected chi connectivity index (χ4v) is 16.2. The van der Waals surface area contributed by atoms with Crippen LogP contribution in [0, 0.1) is 23.2 Å². The molecule has 6 rings (SSSR count). The van der Waals surface area contributed by atoms with Crippen molar-refractivity contribution in [2.45, 2.75) is 78.9 Å². The number of hydrogen-bond acceptors (Lipinski definition) is 28. The molecule has 2 aromatic carbocycles. The average Bonchev–Trinajstić information content (AvgIpc) is 1.14. The second-order valence-electron chi connectivity index (χ2n) is 21.8. The van der Waals surface area contributed by atoms with E-state index in [0.717, 1.165) is 42.0 Å². The SMILES string of the molecule is CC(C)(CCOC(=O)NCCOCCOCCNC(=O)c1ccc(C(=O)O)c(-c2c3ccc(=N)c(S(=O)(=O)O)c-3oc3c(S(=O)(=O)O)c(N)ccc23)c1)SSCOCCCCCNC(=O)NCC#CC1CN([C@H]2C[C@H](OCN=[N+]=[N-])[C@@H](COP(=O)(O)OP(=O)(O)OP(=O)(O)O)O2)C(=O)N=C1N. The van der Waals surface area contributed by atoms with Crippen LogP contribution in [0.5, 0.6) is 0 Å². The first-order valence-electron chi connectivity index (χ1n) is 29.5. The molecule has 3 unspecified atom stereocenters. The van der Waals surface area contributed by atoms with E-state index < -0.39 is 149 Å². The lowest BCUT2D eigenvalue weighted by Crippen LogP contribution is -2.49. The number of rotatable bonds is 39. The van der Waals surface area contributed by atoms with E-state index in [1.165, 1.54) is 29.0 Å². The number of urea groups is 2. The fraction of sp³-hybridized carbons (Fsp3) is 0.491. The molecule has 6 amide bonds. The topological polar surface area (TPSA) is 631 Å². The predicted octanol–water partition coefficient (Wildman–Crippen LogP) is 4.46. The van der Waals surface area contributed by atoms with Crippen molar-refractivity contribution in [3.05, 3.63) is 69.4 Å². The smallest absolute Gasteiger partial charge is 0.478 e. The summed E-state index contributed by atoms with van der Waals surface area (Å²) in [4.78, 5) is 106. The van der Waals surface area contributed by atoms with Crippen molar-refractivity contribution in [2.75, 3.05) is 97.4 Å². The van der Waals surface area contributed by atoms with E-state index in [2.05, 4.69) is 61.3 Å². The van der Waals surface area contributed by atoms with E-state index in [1.54, 1.807) is 10.8 Å². The number of carboxylic acid groups (broad SMARTS) is 1. The van der Waals surface area contributed by atoms with Gasteiger partial charge in [0.2, 0.25) is 0 Å². The molecule has 556 valence electrons. The van der Waals surface area contributed by atoms with Crippen LogP contribution in [0.25, 0.3) is 43.9 Å². The van der Waals surface area contributed by atoms with Crippen LogP contribution in [0.15, 0.2) is 66.8 Å². The highest BCUT2D eigenvalue weighted by atomic mass is 33.1. The molecule has 2 aromatic rings. The Morgan fingerprint density at radius 1 is 0.861 bits per heavy atom. The lowest BCUT2D eigenvalue weighted by atomic mass is 9.89. The summed E-state index contributed by atoms with van der Waals surface area (Å²) in [5, 5.41) is 31.2. The Labute approximate surface area is 582 Å². The monoisotopic (exact) mass is 1560 g/mol. The third-order valence-corrected chi connectivity index (χ3v) is 22.6. The van der Waals surface area contributed by atoms with E-state index in [1.807, 2.05) is 13.8 Å². The van der Waals surface area contributed by atoms with Gasteiger partial charge in [0.1, 0.15) is 30.8 Å². The minimum absolute atomic E-state index is 0.00119. The maximum absolute atomic E-state index is 13.4. The van der Waals surface area contributed by atoms with Crippen molar-refractivity contribution in [3.63, 3.8) is 0 Å². The van der Waals surface area contributed by atoms with Crippen molar-refractivity contribution in [1.82, 2.24) is 26.2 Å². The van der Waals surface area contributed by atoms with Gasteiger partial charge in [0.05, 0.1) is 74.8 Å². The Morgan fingerprint density at radius 3 is 2.24 bits per heavy atom. The number of phosphoric ester groups is 1. The predicted molar refractivity (Wildman–Crippen MR) is 355 cm³/mol. The van der Waals surface area contributed by atoms with Gasteiger partial charge in [0.25, 0.3) is 26.1 Å². The first-order chi connectivity index (χ1) is 47.4. The number of azide groups is 1. The van der Waals surface area contributed by atoms with Crippen LogP contribution in [-0.2, 0) is 75.5 Å². The molecule has 1 aliphatic carbocycles. The van der Waals surface area contributed by atoms with Gasteiger partial charge in [0.15, 0.2) is 21.1 Å². The van der Waals surface area contributed by atoms with Crippen LogP contribution in [0.2, 0.25) is 0 Å². The number of alkyl carbamates (subject to hydrolysis) is 1. The number of benzene rings is 3. The third-order valence-electron chi connectivity index (χ3n) is 13.9. The Kier molecular flexibility index (Phi) is 30.7. The lowest BCUT2D eigenvalue weighted by molar-refractivity contribution is -0.0732. The van der Waals surface area contributed by atoms with Gasteiger partial charge in [-0.15, -0.1) is 0 Å². The van der Waals surface area contributed by atoms with Crippen molar-refractivity contribution >= 4 is 118 Å². The molecule has 6 atom stereocenters. The van der Waals surface area contributed by atoms with E-state index in [9.17, 15) is 78.5 Å². The highest BCUT2D eigenvalue weighted by Crippen LogP contribution is 2.66. The Balaban J connectivity index is 0.792. The number of nitrogens with one attached hydrogen (secondary N) is 5. The second kappa shape index (κ2) is 37.4. The number of carboxylic acids is 1. The second-order valence-corrected chi connectivity index (χ2v) is 31.9. The molecule has 0 aromatic heterocycles. The number of nitrogen functional groups attached to an aromatic ring is 1. The zero-order valence-corrected chi connectivity index (χ0v) is 59.2. The van der Waals surface area contributed by atoms with Gasteiger partial charge in [-0.25, -0.2) is 32.9 Å². The number of nitrogens with zero attached hydrogens (tertiary/aromatic N) is 5. The molecule has 0 spiro atoms. The van der Waals surface area contributed by atoms with Crippen LogP contribution < -0.4 is 38.1 Å². The lowest BCUT2D eigenvalue weighted by Gasteiger charge is -2.32. The molecule has 0 radical (unpaired) electrons. The van der Waals surface area contributed by atoms with Crippen LogP contribution in [0.1, 0.15) is 66.7 Å². The molecule has 4 aliphatic rings. The van der Waals surface area contributed by atoms with Gasteiger partial charge < -0.3 is 90.3 Å². The molecule has 0 saturated carbocycles. The Bertz CT molecular complexity index is 4250. The summed E-state index contributed by atoms with van der Waals surface area (Å²) in [5.41, 5.74) is 18.0. The number of aliphatic imine (C=N–C) groups is 1. The summed E-state index contributed by atoms with van der Waals surface area (Å²) in [6.45, 7) is 3.58. The molecule has 3 aliphatic heterocycles. The first-order valence-corrected chi connectivity index (χ1v) is 39.3. The molecule has 48 heteroatoms. The average molecular weight is 1560 g/mol. The molecule has 16 N–H and O–H groups in total. The number of fused-ring (bicyclic) bond motifs is 2. The summed E-state index contributed by atoms with van der Waals surface area (Å²) >= 11 is 0. The number of ether oxygens (including phenoxy) is 6. The molecule has 101 heavy (non-hydrogen) atoms. The molecular formula is C53H71N12O29P3S4. The van der Waals surface area contributed by atoms with Crippen LogP contribution in [0.4, 0.5) is 20.1 Å². The summed E-state index contributed by atoms with van der Waals surface area (Å²) < 4.78 is 156. The number of amides is 6. The highest BCUT2D eigenvalue weighted by molar-refractivity contribution is 8.77. The van der Waals surface area contributed by atoms with Crippen molar-refractivity contribution in [1.29, 1.82) is 5.41 Å². The summed E-state index contributed by atoms with van der Waals surface area (Å²) in [6, 6.07) is 6.46. The molecular weight excluding hydrogens is 1490 g/mol. The number of nitrogens with two attached hydrogens (primary N) is 2. The molecule has 41 nitrogen and oxygen atoms in total.